The standard InChI is InChI=1S/C13H20N4O/c1-2-13(6-3-7-13)9-16-12(18)11-5-4-10(17-14)8-15-11/h4-5,8,17H,2-3,6-7,9,14H2,1H3,(H,16,18). The van der Waals surface area contributed by atoms with Crippen LogP contribution in [0.2, 0.25) is 0 Å². The Balaban J connectivity index is 1.90. The van der Waals surface area contributed by atoms with Crippen LogP contribution in [0.5, 0.6) is 0 Å². The molecule has 1 aliphatic rings. The molecule has 0 atom stereocenters. The zero-order valence-corrected chi connectivity index (χ0v) is 10.7. The van der Waals surface area contributed by atoms with Gasteiger partial charge in [-0.05, 0) is 36.8 Å². The van der Waals surface area contributed by atoms with Crippen LogP contribution in [0.25, 0.3) is 0 Å². The molecule has 0 unspecified atom stereocenters. The predicted molar refractivity (Wildman–Crippen MR) is 71.0 cm³/mol. The summed E-state index contributed by atoms with van der Waals surface area (Å²) in [7, 11) is 0. The van der Waals surface area contributed by atoms with Crippen molar-refractivity contribution in [3.05, 3.63) is 24.0 Å². The molecule has 0 aromatic carbocycles. The molecular weight excluding hydrogens is 228 g/mol. The van der Waals surface area contributed by atoms with E-state index in [0.717, 1.165) is 13.0 Å². The normalized spacial score (nSPS) is 16.8. The van der Waals surface area contributed by atoms with Gasteiger partial charge in [0.1, 0.15) is 5.69 Å². The first-order chi connectivity index (χ1) is 8.69. The zero-order valence-electron chi connectivity index (χ0n) is 10.7. The molecule has 0 bridgehead atoms. The van der Waals surface area contributed by atoms with Gasteiger partial charge in [0.25, 0.3) is 5.91 Å². The van der Waals surface area contributed by atoms with Gasteiger partial charge in [-0.3, -0.25) is 10.6 Å². The Morgan fingerprint density at radius 3 is 2.72 bits per heavy atom. The molecule has 5 nitrogen and oxygen atoms in total. The van der Waals surface area contributed by atoms with Crippen molar-refractivity contribution in [3.8, 4) is 0 Å². The third-order valence-electron chi connectivity index (χ3n) is 3.95. The quantitative estimate of drug-likeness (QED) is 0.547. The number of rotatable bonds is 5. The highest BCUT2D eigenvalue weighted by molar-refractivity contribution is 5.92. The van der Waals surface area contributed by atoms with Crippen molar-refractivity contribution in [2.24, 2.45) is 11.3 Å². The lowest BCUT2D eigenvalue weighted by molar-refractivity contribution is 0.0845. The zero-order chi connectivity index (χ0) is 13.0. The summed E-state index contributed by atoms with van der Waals surface area (Å²) >= 11 is 0. The summed E-state index contributed by atoms with van der Waals surface area (Å²) in [6.07, 6.45) is 6.38. The van der Waals surface area contributed by atoms with Gasteiger partial charge in [-0.1, -0.05) is 13.3 Å². The monoisotopic (exact) mass is 248 g/mol. The molecule has 1 fully saturated rings. The van der Waals surface area contributed by atoms with Crippen LogP contribution in [0.3, 0.4) is 0 Å². The number of nitrogens with two attached hydrogens (primary N) is 1. The number of hydrogen-bond acceptors (Lipinski definition) is 4. The second kappa shape index (κ2) is 5.35. The maximum Gasteiger partial charge on any atom is 0.269 e. The van der Waals surface area contributed by atoms with Gasteiger partial charge in [0.15, 0.2) is 0 Å². The molecular formula is C13H20N4O. The smallest absolute Gasteiger partial charge is 0.269 e. The number of hydrazine groups is 1. The van der Waals surface area contributed by atoms with Crippen LogP contribution in [0.15, 0.2) is 18.3 Å². The molecule has 0 aliphatic heterocycles. The highest BCUT2D eigenvalue weighted by atomic mass is 16.1. The van der Waals surface area contributed by atoms with E-state index in [1.807, 2.05) is 0 Å². The van der Waals surface area contributed by atoms with Crippen molar-refractivity contribution < 1.29 is 4.79 Å². The Hall–Kier alpha value is -1.62. The summed E-state index contributed by atoms with van der Waals surface area (Å²) < 4.78 is 0. The highest BCUT2D eigenvalue weighted by Gasteiger charge is 2.35. The fourth-order valence-corrected chi connectivity index (χ4v) is 2.30. The average Bonchev–Trinajstić information content (AvgIpc) is 2.38. The van der Waals surface area contributed by atoms with Gasteiger partial charge in [-0.25, -0.2) is 4.98 Å². The Morgan fingerprint density at radius 2 is 2.28 bits per heavy atom. The first-order valence-electron chi connectivity index (χ1n) is 6.40. The number of hydrogen-bond donors (Lipinski definition) is 3. The fourth-order valence-electron chi connectivity index (χ4n) is 2.30. The van der Waals surface area contributed by atoms with Gasteiger partial charge in [-0.15, -0.1) is 0 Å². The van der Waals surface area contributed by atoms with E-state index in [0.29, 0.717) is 16.8 Å². The van der Waals surface area contributed by atoms with Gasteiger partial charge >= 0.3 is 0 Å². The van der Waals surface area contributed by atoms with Crippen LogP contribution in [-0.4, -0.2) is 17.4 Å². The third kappa shape index (κ3) is 2.61. The minimum absolute atomic E-state index is 0.113. The molecule has 0 spiro atoms. The van der Waals surface area contributed by atoms with Crippen LogP contribution >= 0.6 is 0 Å². The van der Waals surface area contributed by atoms with E-state index in [9.17, 15) is 4.79 Å². The maximum absolute atomic E-state index is 11.9. The molecule has 4 N–H and O–H groups in total. The molecule has 1 aromatic rings. The number of carbonyl (C=O) groups is 1. The Morgan fingerprint density at radius 1 is 1.50 bits per heavy atom. The summed E-state index contributed by atoms with van der Waals surface area (Å²) in [5.41, 5.74) is 3.93. The number of nitrogens with one attached hydrogen (secondary N) is 2. The van der Waals surface area contributed by atoms with E-state index >= 15 is 0 Å². The van der Waals surface area contributed by atoms with Crippen molar-refractivity contribution in [2.45, 2.75) is 32.6 Å². The van der Waals surface area contributed by atoms with Gasteiger partial charge < -0.3 is 10.7 Å². The lowest BCUT2D eigenvalue weighted by atomic mass is 9.67. The number of aromatic nitrogens is 1. The molecule has 98 valence electrons. The molecule has 5 heteroatoms. The van der Waals surface area contributed by atoms with Crippen LogP contribution < -0.4 is 16.6 Å². The van der Waals surface area contributed by atoms with Gasteiger partial charge in [-0.2, -0.15) is 0 Å². The second-order valence-electron chi connectivity index (χ2n) is 4.97. The first kappa shape index (κ1) is 12.8. The van der Waals surface area contributed by atoms with Crippen molar-refractivity contribution >= 4 is 11.6 Å². The molecule has 1 aliphatic carbocycles. The Labute approximate surface area is 107 Å². The van der Waals surface area contributed by atoms with E-state index in [-0.39, 0.29) is 5.91 Å². The molecule has 18 heavy (non-hydrogen) atoms. The summed E-state index contributed by atoms with van der Waals surface area (Å²) in [6.45, 7) is 2.94. The highest BCUT2D eigenvalue weighted by Crippen LogP contribution is 2.43. The molecule has 1 aromatic heterocycles. The van der Waals surface area contributed by atoms with E-state index in [2.05, 4.69) is 22.7 Å². The summed E-state index contributed by atoms with van der Waals surface area (Å²) in [5.74, 6) is 5.13. The van der Waals surface area contributed by atoms with Gasteiger partial charge in [0.2, 0.25) is 0 Å². The van der Waals surface area contributed by atoms with Crippen LogP contribution in [-0.2, 0) is 0 Å². The van der Waals surface area contributed by atoms with E-state index in [1.54, 1.807) is 18.3 Å². The summed E-state index contributed by atoms with van der Waals surface area (Å²) in [4.78, 5) is 16.0. The van der Waals surface area contributed by atoms with Gasteiger partial charge in [0, 0.05) is 6.54 Å². The van der Waals surface area contributed by atoms with E-state index < -0.39 is 0 Å². The molecule has 1 heterocycles. The fraction of sp³-hybridized carbons (Fsp3) is 0.538. The predicted octanol–water partition coefficient (Wildman–Crippen LogP) is 1.68. The van der Waals surface area contributed by atoms with Crippen LogP contribution in [0.1, 0.15) is 43.1 Å². The first-order valence-corrected chi connectivity index (χ1v) is 6.40. The number of nitrogen functional groups attached to an aromatic ring is 1. The molecule has 1 amide bonds. The molecule has 0 saturated heterocycles. The SMILES string of the molecule is CCC1(CNC(=O)c2ccc(NN)cn2)CCC1. The van der Waals surface area contributed by atoms with Crippen LogP contribution in [0.4, 0.5) is 5.69 Å². The lowest BCUT2D eigenvalue weighted by Gasteiger charge is -2.41. The topological polar surface area (TPSA) is 80.0 Å². The summed E-state index contributed by atoms with van der Waals surface area (Å²) in [5, 5.41) is 2.98. The van der Waals surface area contributed by atoms with E-state index in [1.165, 1.54) is 19.3 Å². The Kier molecular flexibility index (Phi) is 3.81. The van der Waals surface area contributed by atoms with Crippen molar-refractivity contribution in [2.75, 3.05) is 12.0 Å². The van der Waals surface area contributed by atoms with Crippen molar-refractivity contribution in [1.82, 2.24) is 10.3 Å². The summed E-state index contributed by atoms with van der Waals surface area (Å²) in [6, 6.07) is 3.41. The van der Waals surface area contributed by atoms with Gasteiger partial charge in [0.05, 0.1) is 11.9 Å². The number of carbonyl (C=O) groups excluding carboxylic acids is 1. The number of nitrogens with zero attached hydrogens (tertiary/aromatic N) is 1. The third-order valence-corrected chi connectivity index (χ3v) is 3.95. The van der Waals surface area contributed by atoms with Crippen molar-refractivity contribution in [3.63, 3.8) is 0 Å². The number of pyridine rings is 1. The number of anilines is 1. The number of amides is 1. The molecule has 1 saturated carbocycles. The minimum Gasteiger partial charge on any atom is -0.350 e. The molecule has 0 radical (unpaired) electrons. The largest absolute Gasteiger partial charge is 0.350 e. The van der Waals surface area contributed by atoms with Crippen LogP contribution in [0, 0.1) is 5.41 Å². The van der Waals surface area contributed by atoms with E-state index in [4.69, 9.17) is 5.84 Å². The Bertz CT molecular complexity index is 406. The second-order valence-corrected chi connectivity index (χ2v) is 4.97. The maximum atomic E-state index is 11.9. The van der Waals surface area contributed by atoms with Crippen molar-refractivity contribution in [1.29, 1.82) is 0 Å². The molecule has 2 rings (SSSR count). The lowest BCUT2D eigenvalue weighted by Crippen LogP contribution is -2.41. The minimum atomic E-state index is -0.113. The average molecular weight is 248 g/mol.